The Morgan fingerprint density at radius 3 is 2.31 bits per heavy atom. The molecule has 0 unspecified atom stereocenters. The lowest BCUT2D eigenvalue weighted by molar-refractivity contribution is 0.211. The maximum Gasteiger partial charge on any atom is 0.409 e. The molecule has 0 spiro atoms. The van der Waals surface area contributed by atoms with E-state index in [9.17, 15) is 4.79 Å². The fourth-order valence-electron chi connectivity index (χ4n) is 1.49. The van der Waals surface area contributed by atoms with Crippen LogP contribution >= 0.6 is 0 Å². The highest BCUT2D eigenvalue weighted by Crippen LogP contribution is 2.23. The minimum absolute atomic E-state index is 0.453. The molecule has 0 aliphatic carbocycles. The highest BCUT2D eigenvalue weighted by atomic mass is 16.5. The fraction of sp³-hybridized carbons (Fsp3) is 0. The highest BCUT2D eigenvalue weighted by molar-refractivity contribution is 5.70. The van der Waals surface area contributed by atoms with E-state index in [2.05, 4.69) is 0 Å². The molecule has 2 rings (SSSR count). The highest BCUT2D eigenvalue weighted by Gasteiger charge is 2.01. The van der Waals surface area contributed by atoms with Crippen molar-refractivity contribution in [3.05, 3.63) is 54.6 Å². The number of amides is 1. The number of primary amides is 1. The minimum atomic E-state index is -0.801. The molecule has 0 bridgehead atoms. The van der Waals surface area contributed by atoms with Crippen LogP contribution in [-0.2, 0) is 0 Å². The molecule has 2 N–H and O–H groups in total. The van der Waals surface area contributed by atoms with Crippen molar-refractivity contribution < 1.29 is 9.53 Å². The van der Waals surface area contributed by atoms with Gasteiger partial charge in [0.05, 0.1) is 0 Å². The van der Waals surface area contributed by atoms with Gasteiger partial charge in [0.25, 0.3) is 0 Å². The van der Waals surface area contributed by atoms with Crippen molar-refractivity contribution >= 4 is 6.09 Å². The standard InChI is InChI=1S/C13H11NO2/c14-13(15)16-12-8-4-7-11(9-12)10-5-2-1-3-6-10/h1-9H,(H2,14,15). The van der Waals surface area contributed by atoms with Crippen LogP contribution in [0.1, 0.15) is 0 Å². The summed E-state index contributed by atoms with van der Waals surface area (Å²) in [6, 6.07) is 17.1. The predicted molar refractivity (Wildman–Crippen MR) is 62.1 cm³/mol. The van der Waals surface area contributed by atoms with E-state index in [0.717, 1.165) is 11.1 Å². The van der Waals surface area contributed by atoms with E-state index in [0.29, 0.717) is 5.75 Å². The molecule has 0 atom stereocenters. The largest absolute Gasteiger partial charge is 0.410 e. The average molecular weight is 213 g/mol. The number of nitrogens with two attached hydrogens (primary N) is 1. The Labute approximate surface area is 93.5 Å². The number of benzene rings is 2. The van der Waals surface area contributed by atoms with E-state index in [1.807, 2.05) is 42.5 Å². The third-order valence-electron chi connectivity index (χ3n) is 2.16. The summed E-state index contributed by atoms with van der Waals surface area (Å²) in [6.07, 6.45) is -0.801. The zero-order valence-electron chi connectivity index (χ0n) is 8.59. The number of hydrogen-bond acceptors (Lipinski definition) is 2. The third-order valence-corrected chi connectivity index (χ3v) is 2.16. The van der Waals surface area contributed by atoms with Crippen molar-refractivity contribution in [2.24, 2.45) is 5.73 Å². The number of carbonyl (C=O) groups excluding carboxylic acids is 1. The summed E-state index contributed by atoms with van der Waals surface area (Å²) in [5.41, 5.74) is 7.00. The maximum absolute atomic E-state index is 10.6. The van der Waals surface area contributed by atoms with Crippen molar-refractivity contribution in [2.45, 2.75) is 0 Å². The molecule has 80 valence electrons. The van der Waals surface area contributed by atoms with Crippen molar-refractivity contribution in [1.29, 1.82) is 0 Å². The second kappa shape index (κ2) is 4.49. The molecule has 1 amide bonds. The van der Waals surface area contributed by atoms with Crippen LogP contribution in [0.4, 0.5) is 4.79 Å². The van der Waals surface area contributed by atoms with Gasteiger partial charge in [0.15, 0.2) is 0 Å². The Morgan fingerprint density at radius 2 is 1.62 bits per heavy atom. The second-order valence-corrected chi connectivity index (χ2v) is 3.31. The summed E-state index contributed by atoms with van der Waals surface area (Å²) < 4.78 is 4.82. The van der Waals surface area contributed by atoms with Gasteiger partial charge in [-0.05, 0) is 23.3 Å². The molecule has 0 aliphatic rings. The average Bonchev–Trinajstić information content (AvgIpc) is 2.30. The predicted octanol–water partition coefficient (Wildman–Crippen LogP) is 2.81. The molecule has 0 heterocycles. The molecule has 16 heavy (non-hydrogen) atoms. The van der Waals surface area contributed by atoms with Gasteiger partial charge in [-0.25, -0.2) is 4.79 Å². The lowest BCUT2D eigenvalue weighted by atomic mass is 10.1. The summed E-state index contributed by atoms with van der Waals surface area (Å²) in [5.74, 6) is 0.453. The number of hydrogen-bond donors (Lipinski definition) is 1. The Bertz CT molecular complexity index is 494. The van der Waals surface area contributed by atoms with Gasteiger partial charge in [-0.2, -0.15) is 0 Å². The topological polar surface area (TPSA) is 52.3 Å². The fourth-order valence-corrected chi connectivity index (χ4v) is 1.49. The molecule has 2 aromatic rings. The monoisotopic (exact) mass is 213 g/mol. The van der Waals surface area contributed by atoms with E-state index in [4.69, 9.17) is 10.5 Å². The zero-order valence-corrected chi connectivity index (χ0v) is 8.59. The summed E-state index contributed by atoms with van der Waals surface area (Å²) in [5, 5.41) is 0. The quantitative estimate of drug-likeness (QED) is 0.833. The molecule has 0 saturated heterocycles. The van der Waals surface area contributed by atoms with Crippen molar-refractivity contribution in [2.75, 3.05) is 0 Å². The summed E-state index contributed by atoms with van der Waals surface area (Å²) in [4.78, 5) is 10.6. The van der Waals surface area contributed by atoms with Crippen LogP contribution in [0, 0.1) is 0 Å². The number of rotatable bonds is 2. The molecular weight excluding hydrogens is 202 g/mol. The van der Waals surface area contributed by atoms with Gasteiger partial charge in [0.1, 0.15) is 5.75 Å². The van der Waals surface area contributed by atoms with Crippen LogP contribution in [0.5, 0.6) is 5.75 Å². The van der Waals surface area contributed by atoms with Gasteiger partial charge in [-0.3, -0.25) is 0 Å². The summed E-state index contributed by atoms with van der Waals surface area (Å²) in [6.45, 7) is 0. The first-order chi connectivity index (χ1) is 7.75. The van der Waals surface area contributed by atoms with Gasteiger partial charge >= 0.3 is 6.09 Å². The van der Waals surface area contributed by atoms with Gasteiger partial charge in [-0.1, -0.05) is 42.5 Å². The normalized spacial score (nSPS) is 9.75. The van der Waals surface area contributed by atoms with Gasteiger partial charge in [0.2, 0.25) is 0 Å². The smallest absolute Gasteiger partial charge is 0.409 e. The SMILES string of the molecule is NC(=O)Oc1cccc(-c2ccccc2)c1. The second-order valence-electron chi connectivity index (χ2n) is 3.31. The molecular formula is C13H11NO2. The molecule has 0 saturated carbocycles. The van der Waals surface area contributed by atoms with Crippen LogP contribution in [0.25, 0.3) is 11.1 Å². The zero-order chi connectivity index (χ0) is 11.4. The molecule has 0 aliphatic heterocycles. The molecule has 3 heteroatoms. The van der Waals surface area contributed by atoms with E-state index < -0.39 is 6.09 Å². The number of carbonyl (C=O) groups is 1. The van der Waals surface area contributed by atoms with Crippen LogP contribution in [0.2, 0.25) is 0 Å². The molecule has 0 aromatic heterocycles. The van der Waals surface area contributed by atoms with Crippen molar-refractivity contribution in [3.63, 3.8) is 0 Å². The van der Waals surface area contributed by atoms with Crippen LogP contribution in [-0.4, -0.2) is 6.09 Å². The van der Waals surface area contributed by atoms with Crippen molar-refractivity contribution in [3.8, 4) is 16.9 Å². The molecule has 3 nitrogen and oxygen atoms in total. The van der Waals surface area contributed by atoms with Crippen molar-refractivity contribution in [1.82, 2.24) is 0 Å². The van der Waals surface area contributed by atoms with E-state index in [1.165, 1.54) is 0 Å². The van der Waals surface area contributed by atoms with Gasteiger partial charge in [0, 0.05) is 0 Å². The van der Waals surface area contributed by atoms with Crippen LogP contribution < -0.4 is 10.5 Å². The van der Waals surface area contributed by atoms with Gasteiger partial charge in [-0.15, -0.1) is 0 Å². The summed E-state index contributed by atoms with van der Waals surface area (Å²) >= 11 is 0. The molecule has 2 aromatic carbocycles. The van der Waals surface area contributed by atoms with Crippen LogP contribution in [0.3, 0.4) is 0 Å². The Morgan fingerprint density at radius 1 is 0.938 bits per heavy atom. The first kappa shape index (κ1) is 10.2. The maximum atomic E-state index is 10.6. The summed E-state index contributed by atoms with van der Waals surface area (Å²) in [7, 11) is 0. The first-order valence-electron chi connectivity index (χ1n) is 4.88. The third kappa shape index (κ3) is 2.39. The molecule has 0 radical (unpaired) electrons. The Balaban J connectivity index is 2.33. The van der Waals surface area contributed by atoms with Crippen LogP contribution in [0.15, 0.2) is 54.6 Å². The molecule has 0 fully saturated rings. The lowest BCUT2D eigenvalue weighted by Gasteiger charge is -2.04. The van der Waals surface area contributed by atoms with E-state index >= 15 is 0 Å². The number of ether oxygens (including phenoxy) is 1. The lowest BCUT2D eigenvalue weighted by Crippen LogP contribution is -2.16. The Hall–Kier alpha value is -2.29. The van der Waals surface area contributed by atoms with E-state index in [-0.39, 0.29) is 0 Å². The first-order valence-corrected chi connectivity index (χ1v) is 4.88. The minimum Gasteiger partial charge on any atom is -0.410 e. The van der Waals surface area contributed by atoms with E-state index in [1.54, 1.807) is 12.1 Å². The van der Waals surface area contributed by atoms with Gasteiger partial charge < -0.3 is 10.5 Å². The Kier molecular flexibility index (Phi) is 2.87.